The molecule has 1 aromatic carbocycles. The number of halogens is 1. The number of rotatable bonds is 4. The van der Waals surface area contributed by atoms with Gasteiger partial charge in [0.05, 0.1) is 0 Å². The maximum atomic E-state index is 6.00. The Balaban J connectivity index is 2.46. The second-order valence-electron chi connectivity index (χ2n) is 4.08. The van der Waals surface area contributed by atoms with E-state index >= 15 is 0 Å². The van der Waals surface area contributed by atoms with Crippen molar-refractivity contribution in [1.29, 1.82) is 0 Å². The zero-order valence-corrected chi connectivity index (χ0v) is 11.3. The van der Waals surface area contributed by atoms with E-state index in [0.29, 0.717) is 10.8 Å². The van der Waals surface area contributed by atoms with Crippen LogP contribution < -0.4 is 5.32 Å². The number of hydrogen-bond acceptors (Lipinski definition) is 3. The monoisotopic (exact) mass is 261 g/mol. The van der Waals surface area contributed by atoms with Crippen molar-refractivity contribution in [2.45, 2.75) is 19.8 Å². The molecule has 0 saturated heterocycles. The van der Waals surface area contributed by atoms with Crippen LogP contribution in [0.3, 0.4) is 0 Å². The van der Waals surface area contributed by atoms with E-state index in [1.165, 1.54) is 0 Å². The Morgan fingerprint density at radius 2 is 2.06 bits per heavy atom. The van der Waals surface area contributed by atoms with E-state index in [0.717, 1.165) is 29.9 Å². The lowest BCUT2D eigenvalue weighted by Crippen LogP contribution is -2.00. The molecule has 0 atom stereocenters. The van der Waals surface area contributed by atoms with Gasteiger partial charge in [-0.2, -0.15) is 0 Å². The number of anilines is 1. The van der Waals surface area contributed by atoms with Crippen LogP contribution in [0.5, 0.6) is 0 Å². The van der Waals surface area contributed by atoms with Crippen molar-refractivity contribution in [3.8, 4) is 11.4 Å². The van der Waals surface area contributed by atoms with Gasteiger partial charge in [-0.3, -0.25) is 0 Å². The average Bonchev–Trinajstić information content (AvgIpc) is 2.39. The largest absolute Gasteiger partial charge is 0.373 e. The molecule has 94 valence electrons. The van der Waals surface area contributed by atoms with Gasteiger partial charge in [-0.15, -0.1) is 0 Å². The standard InChI is InChI=1S/C14H16ClN3/c1-3-5-12-9-13(16-2)18-14(17-12)10-6-4-7-11(15)8-10/h4,6-9H,3,5H2,1-2H3,(H,16,17,18). The third kappa shape index (κ3) is 2.99. The molecule has 1 aromatic heterocycles. The summed E-state index contributed by atoms with van der Waals surface area (Å²) < 4.78 is 0. The molecule has 2 aromatic rings. The maximum Gasteiger partial charge on any atom is 0.161 e. The molecule has 1 N–H and O–H groups in total. The first-order chi connectivity index (χ1) is 8.72. The molecule has 0 aliphatic rings. The van der Waals surface area contributed by atoms with Gasteiger partial charge in [-0.1, -0.05) is 37.1 Å². The van der Waals surface area contributed by atoms with Gasteiger partial charge in [-0.25, -0.2) is 9.97 Å². The van der Waals surface area contributed by atoms with Gasteiger partial charge in [0.25, 0.3) is 0 Å². The van der Waals surface area contributed by atoms with E-state index in [9.17, 15) is 0 Å². The fraction of sp³-hybridized carbons (Fsp3) is 0.286. The number of benzene rings is 1. The van der Waals surface area contributed by atoms with Gasteiger partial charge in [0, 0.05) is 29.4 Å². The lowest BCUT2D eigenvalue weighted by Gasteiger charge is -2.07. The second kappa shape index (κ2) is 5.83. The highest BCUT2D eigenvalue weighted by Gasteiger charge is 2.06. The lowest BCUT2D eigenvalue weighted by atomic mass is 10.2. The molecule has 0 aliphatic carbocycles. The van der Waals surface area contributed by atoms with Gasteiger partial charge < -0.3 is 5.32 Å². The predicted molar refractivity (Wildman–Crippen MR) is 76.0 cm³/mol. The molecule has 0 amide bonds. The van der Waals surface area contributed by atoms with Crippen molar-refractivity contribution >= 4 is 17.4 Å². The highest BCUT2D eigenvalue weighted by atomic mass is 35.5. The van der Waals surface area contributed by atoms with Crippen LogP contribution in [0.4, 0.5) is 5.82 Å². The summed E-state index contributed by atoms with van der Waals surface area (Å²) >= 11 is 6.00. The highest BCUT2D eigenvalue weighted by molar-refractivity contribution is 6.30. The van der Waals surface area contributed by atoms with Crippen molar-refractivity contribution in [1.82, 2.24) is 9.97 Å². The molecule has 0 radical (unpaired) electrons. The molecule has 0 bridgehead atoms. The molecule has 0 aliphatic heterocycles. The van der Waals surface area contributed by atoms with Crippen molar-refractivity contribution in [3.63, 3.8) is 0 Å². The number of nitrogens with zero attached hydrogens (tertiary/aromatic N) is 2. The number of nitrogens with one attached hydrogen (secondary N) is 1. The molecule has 0 spiro atoms. The van der Waals surface area contributed by atoms with E-state index in [-0.39, 0.29) is 0 Å². The minimum absolute atomic E-state index is 0.697. The van der Waals surface area contributed by atoms with E-state index in [1.54, 1.807) is 0 Å². The average molecular weight is 262 g/mol. The summed E-state index contributed by atoms with van der Waals surface area (Å²) in [5.41, 5.74) is 1.99. The zero-order chi connectivity index (χ0) is 13.0. The number of hydrogen-bond donors (Lipinski definition) is 1. The first-order valence-corrected chi connectivity index (χ1v) is 6.42. The SMILES string of the molecule is CCCc1cc(NC)nc(-c2cccc(Cl)c2)n1. The van der Waals surface area contributed by atoms with Crippen LogP contribution >= 0.6 is 11.6 Å². The predicted octanol–water partition coefficient (Wildman–Crippen LogP) is 3.79. The molecule has 0 fully saturated rings. The van der Waals surface area contributed by atoms with Gasteiger partial charge in [0.2, 0.25) is 0 Å². The van der Waals surface area contributed by atoms with Crippen molar-refractivity contribution in [2.24, 2.45) is 0 Å². The van der Waals surface area contributed by atoms with Crippen LogP contribution in [0.2, 0.25) is 5.02 Å². The third-order valence-electron chi connectivity index (χ3n) is 2.62. The van der Waals surface area contributed by atoms with Gasteiger partial charge >= 0.3 is 0 Å². The van der Waals surface area contributed by atoms with Crippen molar-refractivity contribution in [3.05, 3.63) is 41.0 Å². The molecule has 2 rings (SSSR count). The molecule has 18 heavy (non-hydrogen) atoms. The second-order valence-corrected chi connectivity index (χ2v) is 4.51. The maximum absolute atomic E-state index is 6.00. The smallest absolute Gasteiger partial charge is 0.161 e. The molecule has 3 nitrogen and oxygen atoms in total. The Morgan fingerprint density at radius 3 is 2.72 bits per heavy atom. The minimum atomic E-state index is 0.697. The number of aryl methyl sites for hydroxylation is 1. The Hall–Kier alpha value is -1.61. The quantitative estimate of drug-likeness (QED) is 0.910. The molecule has 0 unspecified atom stereocenters. The van der Waals surface area contributed by atoms with Crippen LogP contribution in [-0.2, 0) is 6.42 Å². The van der Waals surface area contributed by atoms with Gasteiger partial charge in [0.15, 0.2) is 5.82 Å². The Kier molecular flexibility index (Phi) is 4.15. The summed E-state index contributed by atoms with van der Waals surface area (Å²) in [6, 6.07) is 9.59. The van der Waals surface area contributed by atoms with E-state index in [4.69, 9.17) is 11.6 Å². The first-order valence-electron chi connectivity index (χ1n) is 6.04. The Labute approximate surface area is 112 Å². The minimum Gasteiger partial charge on any atom is -0.373 e. The molecule has 4 heteroatoms. The summed E-state index contributed by atoms with van der Waals surface area (Å²) in [5.74, 6) is 1.55. The Morgan fingerprint density at radius 1 is 1.22 bits per heavy atom. The third-order valence-corrected chi connectivity index (χ3v) is 2.86. The fourth-order valence-corrected chi connectivity index (χ4v) is 1.96. The fourth-order valence-electron chi connectivity index (χ4n) is 1.77. The van der Waals surface area contributed by atoms with Crippen LogP contribution in [-0.4, -0.2) is 17.0 Å². The van der Waals surface area contributed by atoms with Crippen LogP contribution in [0.25, 0.3) is 11.4 Å². The summed E-state index contributed by atoms with van der Waals surface area (Å²) in [6.07, 6.45) is 2.01. The van der Waals surface area contributed by atoms with E-state index in [2.05, 4.69) is 22.2 Å². The molecule has 0 saturated carbocycles. The topological polar surface area (TPSA) is 37.8 Å². The molecular weight excluding hydrogens is 246 g/mol. The zero-order valence-electron chi connectivity index (χ0n) is 10.6. The van der Waals surface area contributed by atoms with Crippen LogP contribution in [0.1, 0.15) is 19.0 Å². The van der Waals surface area contributed by atoms with Gasteiger partial charge in [-0.05, 0) is 18.6 Å². The highest BCUT2D eigenvalue weighted by Crippen LogP contribution is 2.21. The van der Waals surface area contributed by atoms with Crippen molar-refractivity contribution in [2.75, 3.05) is 12.4 Å². The normalized spacial score (nSPS) is 10.4. The summed E-state index contributed by atoms with van der Waals surface area (Å²) in [7, 11) is 1.86. The van der Waals surface area contributed by atoms with E-state index < -0.39 is 0 Å². The summed E-state index contributed by atoms with van der Waals surface area (Å²) in [6.45, 7) is 2.14. The van der Waals surface area contributed by atoms with E-state index in [1.807, 2.05) is 37.4 Å². The number of aromatic nitrogens is 2. The summed E-state index contributed by atoms with van der Waals surface area (Å²) in [4.78, 5) is 9.04. The van der Waals surface area contributed by atoms with Crippen LogP contribution in [0, 0.1) is 0 Å². The Bertz CT molecular complexity index is 540. The van der Waals surface area contributed by atoms with Crippen LogP contribution in [0.15, 0.2) is 30.3 Å². The summed E-state index contributed by atoms with van der Waals surface area (Å²) in [5, 5.41) is 3.76. The molecule has 1 heterocycles. The molecular formula is C14H16ClN3. The van der Waals surface area contributed by atoms with Crippen molar-refractivity contribution < 1.29 is 0 Å². The van der Waals surface area contributed by atoms with Gasteiger partial charge in [0.1, 0.15) is 5.82 Å². The first kappa shape index (κ1) is 12.8. The lowest BCUT2D eigenvalue weighted by molar-refractivity contribution is 0.876.